The lowest BCUT2D eigenvalue weighted by Gasteiger charge is -2.39. The molecule has 1 aromatic rings. The molecule has 2 unspecified atom stereocenters. The number of hydrogen-bond donors (Lipinski definition) is 1. The molecular formula is C22H29F3N2O5. The van der Waals surface area contributed by atoms with E-state index in [1.807, 2.05) is 4.90 Å². The van der Waals surface area contributed by atoms with Crippen molar-refractivity contribution in [2.45, 2.75) is 38.1 Å². The van der Waals surface area contributed by atoms with E-state index in [0.29, 0.717) is 26.3 Å². The van der Waals surface area contributed by atoms with Crippen molar-refractivity contribution in [2.75, 3.05) is 46.0 Å². The van der Waals surface area contributed by atoms with Gasteiger partial charge >= 0.3 is 12.1 Å². The van der Waals surface area contributed by atoms with E-state index in [1.54, 1.807) is 0 Å². The van der Waals surface area contributed by atoms with E-state index in [2.05, 4.69) is 35.2 Å². The zero-order valence-electron chi connectivity index (χ0n) is 17.9. The number of halogens is 3. The molecule has 4 rings (SSSR count). The minimum absolute atomic E-state index is 0.152. The largest absolute Gasteiger partial charge is 0.490 e. The number of carboxylic acid groups (broad SMARTS) is 1. The average molecular weight is 458 g/mol. The van der Waals surface area contributed by atoms with Gasteiger partial charge in [0.25, 0.3) is 5.91 Å². The van der Waals surface area contributed by atoms with Crippen LogP contribution in [0.25, 0.3) is 0 Å². The van der Waals surface area contributed by atoms with Gasteiger partial charge in [-0.15, -0.1) is 0 Å². The molecule has 0 radical (unpaired) electrons. The second-order valence-electron chi connectivity index (χ2n) is 8.54. The summed E-state index contributed by atoms with van der Waals surface area (Å²) in [6.45, 7) is 6.58. The Morgan fingerprint density at radius 1 is 1.12 bits per heavy atom. The number of rotatable bonds is 3. The van der Waals surface area contributed by atoms with Crippen LogP contribution in [0.1, 0.15) is 24.8 Å². The summed E-state index contributed by atoms with van der Waals surface area (Å²) in [5.41, 5.74) is 1.51. The Morgan fingerprint density at radius 2 is 1.78 bits per heavy atom. The number of amides is 1. The highest BCUT2D eigenvalue weighted by Gasteiger charge is 2.46. The monoisotopic (exact) mass is 458 g/mol. The van der Waals surface area contributed by atoms with Gasteiger partial charge < -0.3 is 19.5 Å². The zero-order valence-corrected chi connectivity index (χ0v) is 17.9. The van der Waals surface area contributed by atoms with Crippen molar-refractivity contribution in [2.24, 2.45) is 5.41 Å². The molecule has 3 aliphatic rings. The van der Waals surface area contributed by atoms with Crippen LogP contribution in [0, 0.1) is 5.41 Å². The van der Waals surface area contributed by atoms with E-state index in [0.717, 1.165) is 32.7 Å². The number of aliphatic carboxylic acids is 1. The normalized spacial score (nSPS) is 26.5. The fourth-order valence-corrected chi connectivity index (χ4v) is 4.51. The summed E-state index contributed by atoms with van der Waals surface area (Å²) in [4.78, 5) is 26.1. The maximum atomic E-state index is 12.7. The van der Waals surface area contributed by atoms with Crippen molar-refractivity contribution >= 4 is 11.9 Å². The topological polar surface area (TPSA) is 79.3 Å². The Balaban J connectivity index is 0.000000360. The SMILES string of the molecule is O=C(C1CC2(CCCN(Cc3ccccc3)C2)CO1)N1CCOCC1.O=C(O)C(F)(F)F. The van der Waals surface area contributed by atoms with Gasteiger partial charge in [0.1, 0.15) is 6.10 Å². The summed E-state index contributed by atoms with van der Waals surface area (Å²) in [7, 11) is 0. The van der Waals surface area contributed by atoms with Gasteiger partial charge in [-0.1, -0.05) is 30.3 Å². The number of nitrogens with zero attached hydrogens (tertiary/aromatic N) is 2. The van der Waals surface area contributed by atoms with Gasteiger partial charge in [0.05, 0.1) is 19.8 Å². The Hall–Kier alpha value is -2.17. The third-order valence-electron chi connectivity index (χ3n) is 6.04. The van der Waals surface area contributed by atoms with Crippen LogP contribution in [0.5, 0.6) is 0 Å². The lowest BCUT2D eigenvalue weighted by Crippen LogP contribution is -2.46. The molecule has 3 aliphatic heterocycles. The summed E-state index contributed by atoms with van der Waals surface area (Å²) in [5.74, 6) is -2.59. The van der Waals surface area contributed by atoms with Gasteiger partial charge in [0, 0.05) is 31.6 Å². The van der Waals surface area contributed by atoms with Crippen molar-refractivity contribution in [3.05, 3.63) is 35.9 Å². The van der Waals surface area contributed by atoms with Gasteiger partial charge in [-0.05, 0) is 31.4 Å². The van der Waals surface area contributed by atoms with E-state index in [4.69, 9.17) is 19.4 Å². The van der Waals surface area contributed by atoms with E-state index >= 15 is 0 Å². The second-order valence-corrected chi connectivity index (χ2v) is 8.54. The minimum Gasteiger partial charge on any atom is -0.475 e. The Kier molecular flexibility index (Phi) is 8.13. The second kappa shape index (κ2) is 10.6. The highest BCUT2D eigenvalue weighted by atomic mass is 19.4. The number of hydrogen-bond acceptors (Lipinski definition) is 5. The van der Waals surface area contributed by atoms with Crippen molar-refractivity contribution < 1.29 is 37.3 Å². The highest BCUT2D eigenvalue weighted by molar-refractivity contribution is 5.81. The molecule has 3 fully saturated rings. The lowest BCUT2D eigenvalue weighted by molar-refractivity contribution is -0.192. The van der Waals surface area contributed by atoms with Crippen molar-refractivity contribution in [1.82, 2.24) is 9.80 Å². The van der Waals surface area contributed by atoms with E-state index < -0.39 is 12.1 Å². The third-order valence-corrected chi connectivity index (χ3v) is 6.04. The smallest absolute Gasteiger partial charge is 0.475 e. The summed E-state index contributed by atoms with van der Waals surface area (Å²) >= 11 is 0. The fourth-order valence-electron chi connectivity index (χ4n) is 4.51. The predicted molar refractivity (Wildman–Crippen MR) is 109 cm³/mol. The number of carbonyl (C=O) groups is 2. The number of carboxylic acids is 1. The van der Waals surface area contributed by atoms with Crippen LogP contribution in [0.3, 0.4) is 0 Å². The van der Waals surface area contributed by atoms with Gasteiger partial charge in [0.2, 0.25) is 0 Å². The standard InChI is InChI=1S/C20H28N2O3.C2HF3O2/c23-19(22-9-11-24-12-10-22)18-13-20(16-25-18)7-4-8-21(15-20)14-17-5-2-1-3-6-17;3-2(4,5)1(6)7/h1-3,5-6,18H,4,7-16H2;(H,6,7). The van der Waals surface area contributed by atoms with Gasteiger partial charge in [0.15, 0.2) is 0 Å². The van der Waals surface area contributed by atoms with Crippen LogP contribution in [0.4, 0.5) is 13.2 Å². The van der Waals surface area contributed by atoms with Crippen LogP contribution in [-0.4, -0.2) is 85.1 Å². The molecule has 2 atom stereocenters. The maximum absolute atomic E-state index is 12.7. The van der Waals surface area contributed by atoms with Crippen LogP contribution in [-0.2, 0) is 25.6 Å². The molecule has 10 heteroatoms. The molecule has 1 aromatic carbocycles. The molecular weight excluding hydrogens is 429 g/mol. The number of carbonyl (C=O) groups excluding carboxylic acids is 1. The van der Waals surface area contributed by atoms with Crippen molar-refractivity contribution in [3.63, 3.8) is 0 Å². The molecule has 178 valence electrons. The van der Waals surface area contributed by atoms with Crippen LogP contribution in [0.2, 0.25) is 0 Å². The highest BCUT2D eigenvalue weighted by Crippen LogP contribution is 2.41. The Morgan fingerprint density at radius 3 is 2.41 bits per heavy atom. The molecule has 0 aromatic heterocycles. The van der Waals surface area contributed by atoms with Crippen molar-refractivity contribution in [1.29, 1.82) is 0 Å². The quantitative estimate of drug-likeness (QED) is 0.750. The summed E-state index contributed by atoms with van der Waals surface area (Å²) in [5, 5.41) is 7.12. The fraction of sp³-hybridized carbons (Fsp3) is 0.636. The van der Waals surface area contributed by atoms with Crippen LogP contribution >= 0.6 is 0 Å². The first-order valence-electron chi connectivity index (χ1n) is 10.7. The van der Waals surface area contributed by atoms with E-state index in [-0.39, 0.29) is 17.4 Å². The zero-order chi connectivity index (χ0) is 23.2. The van der Waals surface area contributed by atoms with Gasteiger partial charge in [-0.25, -0.2) is 4.79 Å². The molecule has 1 spiro atoms. The molecule has 0 bridgehead atoms. The number of piperidine rings is 1. The lowest BCUT2D eigenvalue weighted by atomic mass is 9.78. The van der Waals surface area contributed by atoms with E-state index in [1.165, 1.54) is 18.4 Å². The summed E-state index contributed by atoms with van der Waals surface area (Å²) in [6, 6.07) is 10.7. The average Bonchev–Trinajstić information content (AvgIpc) is 3.17. The Labute approximate surface area is 185 Å². The van der Waals surface area contributed by atoms with Gasteiger partial charge in [-0.2, -0.15) is 13.2 Å². The molecule has 0 aliphatic carbocycles. The number of benzene rings is 1. The molecule has 3 heterocycles. The molecule has 1 N–H and O–H groups in total. The van der Waals surface area contributed by atoms with E-state index in [9.17, 15) is 18.0 Å². The molecule has 0 saturated carbocycles. The van der Waals surface area contributed by atoms with Crippen LogP contribution < -0.4 is 0 Å². The first-order valence-corrected chi connectivity index (χ1v) is 10.7. The maximum Gasteiger partial charge on any atom is 0.490 e. The first-order chi connectivity index (χ1) is 15.2. The molecule has 3 saturated heterocycles. The molecule has 32 heavy (non-hydrogen) atoms. The summed E-state index contributed by atoms with van der Waals surface area (Å²) < 4.78 is 43.1. The van der Waals surface area contributed by atoms with Crippen molar-refractivity contribution in [3.8, 4) is 0 Å². The molecule has 7 nitrogen and oxygen atoms in total. The Bertz CT molecular complexity index is 771. The third kappa shape index (κ3) is 6.66. The number of ether oxygens (including phenoxy) is 2. The number of likely N-dealkylation sites (tertiary alicyclic amines) is 1. The minimum atomic E-state index is -5.08. The summed E-state index contributed by atoms with van der Waals surface area (Å²) in [6.07, 6.45) is -2.11. The first kappa shape index (κ1) is 24.5. The number of alkyl halides is 3. The van der Waals surface area contributed by atoms with Crippen LogP contribution in [0.15, 0.2) is 30.3 Å². The van der Waals surface area contributed by atoms with Gasteiger partial charge in [-0.3, -0.25) is 9.69 Å². The predicted octanol–water partition coefficient (Wildman–Crippen LogP) is 2.55. The number of morpholine rings is 1. The molecule has 1 amide bonds.